The zero-order chi connectivity index (χ0) is 12.3. The molecule has 96 valence electrons. The minimum absolute atomic E-state index is 0.247. The Balaban J connectivity index is 1.95. The normalized spacial score (nSPS) is 20.2. The van der Waals surface area contributed by atoms with Crippen molar-refractivity contribution in [2.24, 2.45) is 5.92 Å². The van der Waals surface area contributed by atoms with Crippen LogP contribution >= 0.6 is 22.9 Å². The van der Waals surface area contributed by atoms with Gasteiger partial charge in [0.05, 0.1) is 5.38 Å². The third-order valence-electron chi connectivity index (χ3n) is 3.88. The number of hydrogen-bond acceptors (Lipinski definition) is 1. The van der Waals surface area contributed by atoms with Gasteiger partial charge in [-0.2, -0.15) is 0 Å². The molecule has 1 heterocycles. The molecule has 1 unspecified atom stereocenters. The van der Waals surface area contributed by atoms with E-state index in [1.54, 1.807) is 0 Å². The Morgan fingerprint density at radius 3 is 2.41 bits per heavy atom. The van der Waals surface area contributed by atoms with Crippen LogP contribution in [-0.4, -0.2) is 0 Å². The SMILES string of the molecule is Cc1cc(C)c(C(Cl)CC2CCCCCC2)s1. The predicted octanol–water partition coefficient (Wildman–Crippen LogP) is 6.01. The van der Waals surface area contributed by atoms with E-state index in [9.17, 15) is 0 Å². The first-order valence-electron chi connectivity index (χ1n) is 6.88. The molecule has 0 spiro atoms. The van der Waals surface area contributed by atoms with Crippen LogP contribution < -0.4 is 0 Å². The van der Waals surface area contributed by atoms with Gasteiger partial charge in [0.2, 0.25) is 0 Å². The first kappa shape index (κ1) is 13.4. The van der Waals surface area contributed by atoms with Crippen molar-refractivity contribution in [1.29, 1.82) is 0 Å². The van der Waals surface area contributed by atoms with Crippen molar-refractivity contribution >= 4 is 22.9 Å². The fourth-order valence-corrected chi connectivity index (χ4v) is 4.55. The van der Waals surface area contributed by atoms with Crippen molar-refractivity contribution in [2.45, 2.75) is 64.2 Å². The second kappa shape index (κ2) is 6.24. The van der Waals surface area contributed by atoms with Crippen molar-refractivity contribution in [3.05, 3.63) is 21.4 Å². The maximum Gasteiger partial charge on any atom is 0.0684 e. The molecule has 1 atom stereocenters. The first-order chi connectivity index (χ1) is 8.16. The van der Waals surface area contributed by atoms with Crippen LogP contribution in [0.15, 0.2) is 6.07 Å². The maximum atomic E-state index is 6.62. The molecule has 0 aromatic carbocycles. The molecule has 1 fully saturated rings. The summed E-state index contributed by atoms with van der Waals surface area (Å²) in [7, 11) is 0. The Kier molecular flexibility index (Phi) is 4.93. The van der Waals surface area contributed by atoms with Crippen LogP contribution in [0.3, 0.4) is 0 Å². The summed E-state index contributed by atoms with van der Waals surface area (Å²) >= 11 is 8.51. The number of thiophene rings is 1. The van der Waals surface area contributed by atoms with Crippen LogP contribution in [0.4, 0.5) is 0 Å². The summed E-state index contributed by atoms with van der Waals surface area (Å²) in [4.78, 5) is 2.80. The van der Waals surface area contributed by atoms with E-state index in [-0.39, 0.29) is 5.38 Å². The maximum absolute atomic E-state index is 6.62. The van der Waals surface area contributed by atoms with E-state index in [2.05, 4.69) is 19.9 Å². The van der Waals surface area contributed by atoms with E-state index < -0.39 is 0 Å². The van der Waals surface area contributed by atoms with Crippen LogP contribution in [0.1, 0.15) is 65.6 Å². The molecule has 1 aliphatic rings. The third kappa shape index (κ3) is 3.72. The molecule has 2 heteroatoms. The second-order valence-electron chi connectivity index (χ2n) is 5.47. The van der Waals surface area contributed by atoms with Crippen LogP contribution in [0.5, 0.6) is 0 Å². The Hall–Kier alpha value is -0.0100. The largest absolute Gasteiger partial charge is 0.144 e. The molecule has 0 saturated heterocycles. The second-order valence-corrected chi connectivity index (χ2v) is 7.28. The quantitative estimate of drug-likeness (QED) is 0.466. The molecule has 1 aliphatic carbocycles. The summed E-state index contributed by atoms with van der Waals surface area (Å²) in [6, 6.07) is 2.27. The van der Waals surface area contributed by atoms with Gasteiger partial charge in [0, 0.05) is 9.75 Å². The Morgan fingerprint density at radius 2 is 1.88 bits per heavy atom. The number of rotatable bonds is 3. The molecule has 0 bridgehead atoms. The molecular formula is C15H23ClS. The van der Waals surface area contributed by atoms with E-state index in [0.717, 1.165) is 5.92 Å². The lowest BCUT2D eigenvalue weighted by Gasteiger charge is -2.17. The fraction of sp³-hybridized carbons (Fsp3) is 0.733. The Bertz CT molecular complexity index is 348. The van der Waals surface area contributed by atoms with Gasteiger partial charge in [-0.1, -0.05) is 38.5 Å². The molecule has 0 radical (unpaired) electrons. The van der Waals surface area contributed by atoms with Crippen LogP contribution in [-0.2, 0) is 0 Å². The minimum Gasteiger partial charge on any atom is -0.144 e. The van der Waals surface area contributed by atoms with Crippen LogP contribution in [0.25, 0.3) is 0 Å². The summed E-state index contributed by atoms with van der Waals surface area (Å²) in [5, 5.41) is 0.247. The highest BCUT2D eigenvalue weighted by Crippen LogP contribution is 2.38. The molecule has 0 amide bonds. The monoisotopic (exact) mass is 270 g/mol. The van der Waals surface area contributed by atoms with Gasteiger partial charge in [-0.15, -0.1) is 22.9 Å². The molecule has 0 aliphatic heterocycles. The average molecular weight is 271 g/mol. The first-order valence-corrected chi connectivity index (χ1v) is 8.13. The lowest BCUT2D eigenvalue weighted by atomic mass is 9.94. The van der Waals surface area contributed by atoms with E-state index in [1.807, 2.05) is 11.3 Å². The van der Waals surface area contributed by atoms with Crippen LogP contribution in [0, 0.1) is 19.8 Å². The number of halogens is 1. The summed E-state index contributed by atoms with van der Waals surface area (Å²) < 4.78 is 0. The van der Waals surface area contributed by atoms with E-state index >= 15 is 0 Å². The van der Waals surface area contributed by atoms with Gasteiger partial charge in [-0.05, 0) is 37.8 Å². The molecule has 1 aromatic heterocycles. The number of hydrogen-bond donors (Lipinski definition) is 0. The molecule has 0 N–H and O–H groups in total. The average Bonchev–Trinajstić information content (AvgIpc) is 2.51. The minimum atomic E-state index is 0.247. The van der Waals surface area contributed by atoms with Gasteiger partial charge in [0.25, 0.3) is 0 Å². The van der Waals surface area contributed by atoms with E-state index in [0.29, 0.717) is 0 Å². The summed E-state index contributed by atoms with van der Waals surface area (Å²) in [5.74, 6) is 0.863. The van der Waals surface area contributed by atoms with E-state index in [1.165, 1.54) is 60.3 Å². The topological polar surface area (TPSA) is 0 Å². The highest BCUT2D eigenvalue weighted by atomic mass is 35.5. The van der Waals surface area contributed by atoms with Crippen molar-refractivity contribution in [1.82, 2.24) is 0 Å². The van der Waals surface area contributed by atoms with Gasteiger partial charge in [-0.3, -0.25) is 0 Å². The fourth-order valence-electron chi connectivity index (χ4n) is 2.97. The van der Waals surface area contributed by atoms with Crippen molar-refractivity contribution < 1.29 is 0 Å². The molecule has 17 heavy (non-hydrogen) atoms. The number of aryl methyl sites for hydroxylation is 2. The van der Waals surface area contributed by atoms with Gasteiger partial charge in [0.15, 0.2) is 0 Å². The summed E-state index contributed by atoms with van der Waals surface area (Å²) in [5.41, 5.74) is 1.39. The van der Waals surface area contributed by atoms with Gasteiger partial charge >= 0.3 is 0 Å². The van der Waals surface area contributed by atoms with Crippen molar-refractivity contribution in [3.63, 3.8) is 0 Å². The predicted molar refractivity (Wildman–Crippen MR) is 78.2 cm³/mol. The molecule has 1 saturated carbocycles. The third-order valence-corrected chi connectivity index (χ3v) is 5.67. The Labute approximate surface area is 114 Å². The molecule has 2 rings (SSSR count). The van der Waals surface area contributed by atoms with Crippen molar-refractivity contribution in [3.8, 4) is 0 Å². The van der Waals surface area contributed by atoms with E-state index in [4.69, 9.17) is 11.6 Å². The van der Waals surface area contributed by atoms with Crippen LogP contribution in [0.2, 0.25) is 0 Å². The lowest BCUT2D eigenvalue weighted by molar-refractivity contribution is 0.424. The highest BCUT2D eigenvalue weighted by Gasteiger charge is 2.20. The molecule has 1 aromatic rings. The summed E-state index contributed by atoms with van der Waals surface area (Å²) in [6.45, 7) is 4.37. The van der Waals surface area contributed by atoms with Gasteiger partial charge in [-0.25, -0.2) is 0 Å². The number of alkyl halides is 1. The highest BCUT2D eigenvalue weighted by molar-refractivity contribution is 7.12. The van der Waals surface area contributed by atoms with Gasteiger partial charge in [0.1, 0.15) is 0 Å². The van der Waals surface area contributed by atoms with Gasteiger partial charge < -0.3 is 0 Å². The standard InChI is InChI=1S/C15H23ClS/c1-11-9-12(2)17-15(11)14(16)10-13-7-5-3-4-6-8-13/h9,13-14H,3-8,10H2,1-2H3. The molecule has 0 nitrogen and oxygen atoms in total. The zero-order valence-electron chi connectivity index (χ0n) is 11.0. The lowest BCUT2D eigenvalue weighted by Crippen LogP contribution is -2.03. The smallest absolute Gasteiger partial charge is 0.0684 e. The zero-order valence-corrected chi connectivity index (χ0v) is 12.5. The molecular weight excluding hydrogens is 248 g/mol. The Morgan fingerprint density at radius 1 is 1.24 bits per heavy atom. The summed E-state index contributed by atoms with van der Waals surface area (Å²) in [6.07, 6.45) is 9.66. The van der Waals surface area contributed by atoms with Crippen molar-refractivity contribution in [2.75, 3.05) is 0 Å².